The standard InChI is InChI=1S/C19H27NO5/c1-4-10-22-15-11-14(16-17(15)25-19(2,3)24-16)20-18(21)23-12-13-8-6-5-7-9-13/h5-9,14-17H,4,10-12H2,1-3H3,(H,20,21)/t14-,15+,16+,17-/m1/s1/i4D2,10D2. The Bertz CT molecular complexity index is 725. The average molecular weight is 353 g/mol. The maximum Gasteiger partial charge on any atom is 0.407 e. The summed E-state index contributed by atoms with van der Waals surface area (Å²) in [6.45, 7) is 2.16. The SMILES string of the molecule is [2H]C([2H])(C)C([2H])([2H])O[C@H]1C[C@@H](NC(=O)OCc2ccccc2)[C@@H]2OC(C)(C)O[C@@H]21. The fourth-order valence-electron chi connectivity index (χ4n) is 3.24. The van der Waals surface area contributed by atoms with E-state index in [4.69, 9.17) is 24.4 Å². The lowest BCUT2D eigenvalue weighted by Crippen LogP contribution is -2.43. The first-order chi connectivity index (χ1) is 13.4. The van der Waals surface area contributed by atoms with Gasteiger partial charge in [0, 0.05) is 9.30 Å². The van der Waals surface area contributed by atoms with Crippen molar-refractivity contribution in [2.45, 2.75) is 70.3 Å². The summed E-state index contributed by atoms with van der Waals surface area (Å²) in [6.07, 6.45) is -4.61. The van der Waals surface area contributed by atoms with Gasteiger partial charge >= 0.3 is 6.09 Å². The van der Waals surface area contributed by atoms with Crippen LogP contribution in [0.1, 0.15) is 44.6 Å². The third-order valence-electron chi connectivity index (χ3n) is 4.24. The van der Waals surface area contributed by atoms with Crippen molar-refractivity contribution in [1.82, 2.24) is 5.32 Å². The molecule has 3 rings (SSSR count). The smallest absolute Gasteiger partial charge is 0.407 e. The van der Waals surface area contributed by atoms with Crippen LogP contribution >= 0.6 is 0 Å². The van der Waals surface area contributed by atoms with Gasteiger partial charge in [-0.2, -0.15) is 0 Å². The van der Waals surface area contributed by atoms with Crippen LogP contribution in [0.15, 0.2) is 30.3 Å². The molecule has 6 heteroatoms. The van der Waals surface area contributed by atoms with Gasteiger partial charge in [-0.3, -0.25) is 0 Å². The lowest BCUT2D eigenvalue weighted by atomic mass is 10.2. The second-order valence-corrected chi connectivity index (χ2v) is 6.62. The van der Waals surface area contributed by atoms with Gasteiger partial charge < -0.3 is 24.3 Å². The van der Waals surface area contributed by atoms with Crippen LogP contribution in [0.2, 0.25) is 0 Å². The first kappa shape index (κ1) is 13.6. The van der Waals surface area contributed by atoms with Crippen molar-refractivity contribution in [3.05, 3.63) is 35.9 Å². The Morgan fingerprint density at radius 3 is 2.76 bits per heavy atom. The second kappa shape index (κ2) is 7.72. The van der Waals surface area contributed by atoms with Crippen LogP contribution in [0.25, 0.3) is 0 Å². The molecule has 0 aromatic heterocycles. The van der Waals surface area contributed by atoms with E-state index < -0.39 is 49.2 Å². The Kier molecular flexibility index (Phi) is 4.19. The highest BCUT2D eigenvalue weighted by Gasteiger charge is 2.55. The van der Waals surface area contributed by atoms with E-state index in [2.05, 4.69) is 5.32 Å². The Balaban J connectivity index is 1.65. The fourth-order valence-corrected chi connectivity index (χ4v) is 3.24. The molecule has 0 unspecified atom stereocenters. The van der Waals surface area contributed by atoms with Crippen molar-refractivity contribution in [3.8, 4) is 0 Å². The minimum absolute atomic E-state index is 0.120. The van der Waals surface area contributed by atoms with Gasteiger partial charge in [0.25, 0.3) is 0 Å². The third kappa shape index (κ3) is 4.51. The van der Waals surface area contributed by atoms with Gasteiger partial charge in [0.2, 0.25) is 0 Å². The monoisotopic (exact) mass is 353 g/mol. The summed E-state index contributed by atoms with van der Waals surface area (Å²) < 4.78 is 53.7. The van der Waals surface area contributed by atoms with Gasteiger partial charge in [-0.1, -0.05) is 37.3 Å². The second-order valence-electron chi connectivity index (χ2n) is 6.62. The molecule has 0 spiro atoms. The summed E-state index contributed by atoms with van der Waals surface area (Å²) in [5.41, 5.74) is 0.855. The zero-order chi connectivity index (χ0) is 21.4. The van der Waals surface area contributed by atoms with E-state index in [1.807, 2.05) is 30.3 Å². The lowest BCUT2D eigenvalue weighted by molar-refractivity contribution is -0.168. The van der Waals surface area contributed by atoms with Crippen LogP contribution in [0.3, 0.4) is 0 Å². The number of alkyl carbamates (subject to hydrolysis) is 1. The molecule has 1 heterocycles. The number of hydrogen-bond donors (Lipinski definition) is 1. The van der Waals surface area contributed by atoms with E-state index in [-0.39, 0.29) is 13.0 Å². The highest BCUT2D eigenvalue weighted by Crippen LogP contribution is 2.39. The summed E-state index contributed by atoms with van der Waals surface area (Å²) in [7, 11) is 0. The van der Waals surface area contributed by atoms with Crippen molar-refractivity contribution in [2.24, 2.45) is 0 Å². The number of hydrogen-bond acceptors (Lipinski definition) is 5. The van der Waals surface area contributed by atoms with E-state index >= 15 is 0 Å². The number of carbonyl (C=O) groups is 1. The van der Waals surface area contributed by atoms with Crippen LogP contribution in [-0.2, 0) is 25.6 Å². The number of fused-ring (bicyclic) bond motifs is 1. The Morgan fingerprint density at radius 1 is 1.32 bits per heavy atom. The van der Waals surface area contributed by atoms with E-state index in [0.717, 1.165) is 12.5 Å². The molecule has 4 atom stereocenters. The summed E-state index contributed by atoms with van der Waals surface area (Å²) >= 11 is 0. The molecule has 1 aromatic rings. The topological polar surface area (TPSA) is 66.0 Å². The summed E-state index contributed by atoms with van der Waals surface area (Å²) in [4.78, 5) is 12.3. The van der Waals surface area contributed by atoms with Crippen molar-refractivity contribution < 1.29 is 29.2 Å². The van der Waals surface area contributed by atoms with Crippen molar-refractivity contribution in [3.63, 3.8) is 0 Å². The van der Waals surface area contributed by atoms with Crippen molar-refractivity contribution >= 4 is 6.09 Å². The molecule has 1 aliphatic heterocycles. The molecule has 1 N–H and O–H groups in total. The molecule has 0 bridgehead atoms. The first-order valence-electron chi connectivity index (χ1n) is 10.4. The van der Waals surface area contributed by atoms with Crippen LogP contribution in [0.4, 0.5) is 4.79 Å². The highest BCUT2D eigenvalue weighted by molar-refractivity contribution is 5.67. The number of benzene rings is 1. The molecule has 6 nitrogen and oxygen atoms in total. The van der Waals surface area contributed by atoms with Gasteiger partial charge in [-0.05, 0) is 32.2 Å². The van der Waals surface area contributed by atoms with Crippen LogP contribution in [0, 0.1) is 0 Å². The summed E-state index contributed by atoms with van der Waals surface area (Å²) in [5, 5.41) is 2.75. The highest BCUT2D eigenvalue weighted by atomic mass is 16.8. The molecular weight excluding hydrogens is 322 g/mol. The summed E-state index contributed by atoms with van der Waals surface area (Å²) in [6, 6.07) is 8.76. The molecule has 1 saturated carbocycles. The minimum Gasteiger partial charge on any atom is -0.445 e. The quantitative estimate of drug-likeness (QED) is 0.852. The number of carbonyl (C=O) groups excluding carboxylic acids is 1. The third-order valence-corrected chi connectivity index (χ3v) is 4.24. The molecule has 138 valence electrons. The Morgan fingerprint density at radius 2 is 2.04 bits per heavy atom. The Labute approximate surface area is 154 Å². The number of ether oxygens (including phenoxy) is 4. The maximum absolute atomic E-state index is 12.3. The van der Waals surface area contributed by atoms with Crippen LogP contribution in [0.5, 0.6) is 0 Å². The van der Waals surface area contributed by atoms with Gasteiger partial charge in [0.05, 0.1) is 14.9 Å². The first-order valence-corrected chi connectivity index (χ1v) is 8.39. The number of nitrogens with one attached hydrogen (secondary N) is 1. The number of amides is 1. The molecule has 25 heavy (non-hydrogen) atoms. The fraction of sp³-hybridized carbons (Fsp3) is 0.632. The maximum atomic E-state index is 12.3. The zero-order valence-corrected chi connectivity index (χ0v) is 14.7. The van der Waals surface area contributed by atoms with E-state index in [1.54, 1.807) is 13.8 Å². The van der Waals surface area contributed by atoms with Gasteiger partial charge in [-0.25, -0.2) is 4.79 Å². The molecule has 1 saturated heterocycles. The molecule has 1 aliphatic carbocycles. The minimum atomic E-state index is -2.53. The Hall–Kier alpha value is -1.63. The normalized spacial score (nSPS) is 33.6. The van der Waals surface area contributed by atoms with Crippen molar-refractivity contribution in [1.29, 1.82) is 0 Å². The van der Waals surface area contributed by atoms with Gasteiger partial charge in [-0.15, -0.1) is 0 Å². The number of rotatable bonds is 6. The van der Waals surface area contributed by atoms with Gasteiger partial charge in [0.15, 0.2) is 5.79 Å². The van der Waals surface area contributed by atoms with E-state index in [1.165, 1.54) is 0 Å². The molecule has 2 fully saturated rings. The molecule has 1 amide bonds. The molecule has 2 aliphatic rings. The molecule has 0 radical (unpaired) electrons. The zero-order valence-electron chi connectivity index (χ0n) is 18.7. The van der Waals surface area contributed by atoms with Gasteiger partial charge in [0.1, 0.15) is 18.8 Å². The van der Waals surface area contributed by atoms with Crippen LogP contribution < -0.4 is 5.32 Å². The average Bonchev–Trinajstić information content (AvgIpc) is 3.07. The van der Waals surface area contributed by atoms with Crippen LogP contribution in [-0.4, -0.2) is 42.8 Å². The lowest BCUT2D eigenvalue weighted by Gasteiger charge is -2.24. The van der Waals surface area contributed by atoms with E-state index in [9.17, 15) is 4.79 Å². The van der Waals surface area contributed by atoms with Crippen molar-refractivity contribution in [2.75, 3.05) is 6.56 Å². The largest absolute Gasteiger partial charge is 0.445 e. The molecular formula is C19H27NO5. The van der Waals surface area contributed by atoms with E-state index in [0.29, 0.717) is 0 Å². The predicted molar refractivity (Wildman–Crippen MR) is 92.0 cm³/mol. The summed E-state index contributed by atoms with van der Waals surface area (Å²) in [5.74, 6) is -0.927. The predicted octanol–water partition coefficient (Wildman–Crippen LogP) is 3.00. The molecule has 1 aromatic carbocycles.